The van der Waals surface area contributed by atoms with E-state index in [1.807, 2.05) is 49.1 Å². The fraction of sp³-hybridized carbons (Fsp3) is 0.467. The predicted molar refractivity (Wildman–Crippen MR) is 87.4 cm³/mol. The number of hydrazone groups is 1. The van der Waals surface area contributed by atoms with Gasteiger partial charge in [-0.3, -0.25) is 5.43 Å². The lowest BCUT2D eigenvalue weighted by Gasteiger charge is -2.39. The van der Waals surface area contributed by atoms with Crippen LogP contribution in [0.4, 0.5) is 0 Å². The van der Waals surface area contributed by atoms with Gasteiger partial charge in [0.15, 0.2) is 16.1 Å². The molecule has 22 heavy (non-hydrogen) atoms. The highest BCUT2D eigenvalue weighted by atomic mass is 32.2. The third-order valence-corrected chi connectivity index (χ3v) is 6.53. The summed E-state index contributed by atoms with van der Waals surface area (Å²) in [6.45, 7) is 7.01. The first kappa shape index (κ1) is 15.0. The van der Waals surface area contributed by atoms with E-state index in [4.69, 9.17) is 0 Å². The zero-order valence-electron chi connectivity index (χ0n) is 12.9. The zero-order valence-corrected chi connectivity index (χ0v) is 13.8. The van der Waals surface area contributed by atoms with Gasteiger partial charge in [-0.1, -0.05) is 30.3 Å². The van der Waals surface area contributed by atoms with Crippen molar-refractivity contribution in [3.8, 4) is 0 Å². The fourth-order valence-corrected chi connectivity index (χ4v) is 4.75. The molecule has 118 valence electrons. The number of nitrogens with one attached hydrogen (secondary N) is 1. The van der Waals surface area contributed by atoms with E-state index < -0.39 is 20.3 Å². The van der Waals surface area contributed by atoms with Crippen molar-refractivity contribution in [1.29, 1.82) is 0 Å². The number of likely N-dealkylation sites (N-methyl/N-ethyl adjacent to an activating group) is 1. The first-order chi connectivity index (χ1) is 10.4. The highest BCUT2D eigenvalue weighted by Gasteiger charge is 2.68. The maximum absolute atomic E-state index is 12.7. The molecule has 6 nitrogen and oxygen atoms in total. The molecule has 1 aromatic rings. The van der Waals surface area contributed by atoms with Gasteiger partial charge in [-0.2, -0.15) is 5.10 Å². The number of hydrogen-bond acceptors (Lipinski definition) is 5. The number of rotatable bonds is 3. The second-order valence-electron chi connectivity index (χ2n) is 5.66. The Kier molecular flexibility index (Phi) is 3.28. The van der Waals surface area contributed by atoms with Gasteiger partial charge in [-0.25, -0.2) is 8.42 Å². The van der Waals surface area contributed by atoms with Crippen LogP contribution in [-0.4, -0.2) is 43.2 Å². The van der Waals surface area contributed by atoms with Crippen LogP contribution in [-0.2, 0) is 15.6 Å². The molecule has 2 aliphatic rings. The van der Waals surface area contributed by atoms with Crippen LogP contribution >= 0.6 is 0 Å². The van der Waals surface area contributed by atoms with E-state index in [2.05, 4.69) is 14.9 Å². The molecule has 2 aliphatic heterocycles. The normalized spacial score (nSPS) is 31.5. The van der Waals surface area contributed by atoms with Gasteiger partial charge < -0.3 is 4.90 Å². The topological polar surface area (TPSA) is 74.1 Å². The van der Waals surface area contributed by atoms with Gasteiger partial charge in [0.1, 0.15) is 0 Å². The van der Waals surface area contributed by atoms with Crippen LogP contribution in [0.25, 0.3) is 0 Å². The first-order valence-electron chi connectivity index (χ1n) is 7.40. The van der Waals surface area contributed by atoms with E-state index >= 15 is 0 Å². The van der Waals surface area contributed by atoms with Crippen molar-refractivity contribution in [3.63, 3.8) is 0 Å². The second-order valence-corrected chi connectivity index (χ2v) is 7.64. The summed E-state index contributed by atoms with van der Waals surface area (Å²) in [4.78, 5) is 1.97. The van der Waals surface area contributed by atoms with E-state index in [0.717, 1.165) is 5.56 Å². The van der Waals surface area contributed by atoms with Crippen molar-refractivity contribution in [2.45, 2.75) is 31.1 Å². The Morgan fingerprint density at radius 3 is 2.41 bits per heavy atom. The van der Waals surface area contributed by atoms with Crippen molar-refractivity contribution in [3.05, 3.63) is 35.9 Å². The third kappa shape index (κ3) is 1.63. The SMILES string of the molecule is CCN(CC)C1=NS(=O)(=O)[C@@]2(C)C=NN[C@@]12c1ccccc1. The molecule has 0 fully saturated rings. The summed E-state index contributed by atoms with van der Waals surface area (Å²) in [5, 5.41) is 4.12. The summed E-state index contributed by atoms with van der Waals surface area (Å²) in [5.41, 5.74) is 2.94. The molecule has 0 aliphatic carbocycles. The second kappa shape index (κ2) is 4.81. The smallest absolute Gasteiger partial charge is 0.268 e. The Labute approximate surface area is 131 Å². The summed E-state index contributed by atoms with van der Waals surface area (Å²) < 4.78 is 28.4. The van der Waals surface area contributed by atoms with Crippen LogP contribution in [0.3, 0.4) is 0 Å². The number of sulfonamides is 1. The maximum atomic E-state index is 12.7. The summed E-state index contributed by atoms with van der Waals surface area (Å²) in [6.07, 6.45) is 1.47. The van der Waals surface area contributed by atoms with Crippen LogP contribution < -0.4 is 5.43 Å². The monoisotopic (exact) mass is 320 g/mol. The predicted octanol–water partition coefficient (Wildman–Crippen LogP) is 1.31. The molecule has 2 atom stereocenters. The molecule has 0 amide bonds. The van der Waals surface area contributed by atoms with E-state index in [0.29, 0.717) is 18.9 Å². The van der Waals surface area contributed by atoms with Gasteiger partial charge >= 0.3 is 0 Å². The molecular formula is C15H20N4O2S. The third-order valence-electron chi connectivity index (χ3n) is 4.64. The maximum Gasteiger partial charge on any atom is 0.268 e. The van der Waals surface area contributed by atoms with Crippen LogP contribution in [0.5, 0.6) is 0 Å². The van der Waals surface area contributed by atoms with Gasteiger partial charge in [-0.05, 0) is 26.3 Å². The van der Waals surface area contributed by atoms with Gasteiger partial charge in [0, 0.05) is 13.1 Å². The van der Waals surface area contributed by atoms with Crippen LogP contribution in [0.15, 0.2) is 39.8 Å². The number of nitrogens with zero attached hydrogens (tertiary/aromatic N) is 3. The van der Waals surface area contributed by atoms with Crippen molar-refractivity contribution in [2.75, 3.05) is 13.1 Å². The van der Waals surface area contributed by atoms with Gasteiger partial charge in [0.2, 0.25) is 0 Å². The van der Waals surface area contributed by atoms with Crippen molar-refractivity contribution >= 4 is 22.1 Å². The molecule has 2 heterocycles. The van der Waals surface area contributed by atoms with Crippen molar-refractivity contribution < 1.29 is 8.42 Å². The molecule has 0 aromatic heterocycles. The molecule has 1 aromatic carbocycles. The number of amidine groups is 1. The summed E-state index contributed by atoms with van der Waals surface area (Å²) in [5.74, 6) is 0.517. The molecule has 1 N–H and O–H groups in total. The lowest BCUT2D eigenvalue weighted by atomic mass is 9.78. The summed E-state index contributed by atoms with van der Waals surface area (Å²) >= 11 is 0. The van der Waals surface area contributed by atoms with Gasteiger partial charge in [-0.15, -0.1) is 4.40 Å². The largest absolute Gasteiger partial charge is 0.358 e. The molecule has 0 radical (unpaired) electrons. The van der Waals surface area contributed by atoms with Crippen molar-refractivity contribution in [1.82, 2.24) is 10.3 Å². The Balaban J connectivity index is 2.30. The van der Waals surface area contributed by atoms with Crippen LogP contribution in [0, 0.1) is 0 Å². The molecular weight excluding hydrogens is 300 g/mol. The Morgan fingerprint density at radius 2 is 1.82 bits per heavy atom. The van der Waals surface area contributed by atoms with Crippen LogP contribution in [0.2, 0.25) is 0 Å². The standard InChI is InChI=1S/C15H20N4O2S/c1-4-19(5-2)13-15(12-9-7-6-8-10-12)14(3,11-16-18-15)22(20,21)17-13/h6-11,18H,4-5H2,1-3H3/t14-,15-/m0/s1. The quantitative estimate of drug-likeness (QED) is 0.911. The average Bonchev–Trinajstić information content (AvgIpc) is 2.95. The van der Waals surface area contributed by atoms with Crippen LogP contribution in [0.1, 0.15) is 26.3 Å². The number of fused-ring (bicyclic) bond motifs is 1. The van der Waals surface area contributed by atoms with E-state index in [1.165, 1.54) is 6.21 Å². The minimum Gasteiger partial charge on any atom is -0.358 e. The van der Waals surface area contributed by atoms with Gasteiger partial charge in [0.05, 0.1) is 6.21 Å². The first-order valence-corrected chi connectivity index (χ1v) is 8.84. The lowest BCUT2D eigenvalue weighted by Crippen LogP contribution is -2.61. The molecule has 0 unspecified atom stereocenters. The highest BCUT2D eigenvalue weighted by molar-refractivity contribution is 7.93. The molecule has 0 spiro atoms. The van der Waals surface area contributed by atoms with E-state index in [-0.39, 0.29) is 0 Å². The molecule has 0 bridgehead atoms. The lowest BCUT2D eigenvalue weighted by molar-refractivity contribution is 0.368. The van der Waals surface area contributed by atoms with Gasteiger partial charge in [0.25, 0.3) is 10.0 Å². The number of hydrogen-bond donors (Lipinski definition) is 1. The Hall–Kier alpha value is -1.89. The fourth-order valence-electron chi connectivity index (χ4n) is 3.26. The molecule has 0 saturated heterocycles. The molecule has 0 saturated carbocycles. The Bertz CT molecular complexity index is 740. The minimum absolute atomic E-state index is 0.517. The van der Waals surface area contributed by atoms with Crippen molar-refractivity contribution in [2.24, 2.45) is 9.50 Å². The zero-order chi connectivity index (χ0) is 16.0. The minimum atomic E-state index is -3.71. The Morgan fingerprint density at radius 1 is 1.18 bits per heavy atom. The summed E-state index contributed by atoms with van der Waals surface area (Å²) in [7, 11) is -3.71. The molecule has 7 heteroatoms. The van der Waals surface area contributed by atoms with E-state index in [1.54, 1.807) is 6.92 Å². The highest BCUT2D eigenvalue weighted by Crippen LogP contribution is 2.48. The molecule has 3 rings (SSSR count). The van der Waals surface area contributed by atoms with E-state index in [9.17, 15) is 8.42 Å². The summed E-state index contributed by atoms with van der Waals surface area (Å²) in [6, 6.07) is 9.54. The number of benzene rings is 1. The average molecular weight is 320 g/mol.